The summed E-state index contributed by atoms with van der Waals surface area (Å²) in [6, 6.07) is 8.51. The molecule has 1 aliphatic heterocycles. The number of hydrogen-bond acceptors (Lipinski definition) is 6. The Morgan fingerprint density at radius 3 is 2.52 bits per heavy atom. The van der Waals surface area contributed by atoms with Crippen molar-refractivity contribution in [2.75, 3.05) is 68.5 Å². The second-order valence-electron chi connectivity index (χ2n) is 7.52. The molecule has 0 amide bonds. The lowest BCUT2D eigenvalue weighted by Gasteiger charge is -2.37. The minimum absolute atomic E-state index is 0.827. The normalized spacial score (nSPS) is 14.7. The summed E-state index contributed by atoms with van der Waals surface area (Å²) >= 11 is 0. The zero-order valence-corrected chi connectivity index (χ0v) is 17.1. The lowest BCUT2D eigenvalue weighted by molar-refractivity contribution is 0.405. The van der Waals surface area contributed by atoms with Gasteiger partial charge in [-0.2, -0.15) is 4.98 Å². The SMILES string of the molecule is Cc1cccc(N2CCN(c3nccc(NCCCN(C)C)n3)CC2)c1C. The fraction of sp³-hybridized carbons (Fsp3) is 0.524. The van der Waals surface area contributed by atoms with E-state index in [-0.39, 0.29) is 0 Å². The minimum Gasteiger partial charge on any atom is -0.370 e. The summed E-state index contributed by atoms with van der Waals surface area (Å²) in [7, 11) is 4.20. The van der Waals surface area contributed by atoms with E-state index in [1.807, 2.05) is 12.3 Å². The maximum atomic E-state index is 4.71. The van der Waals surface area contributed by atoms with E-state index in [4.69, 9.17) is 4.98 Å². The van der Waals surface area contributed by atoms with E-state index < -0.39 is 0 Å². The van der Waals surface area contributed by atoms with Crippen LogP contribution in [0.5, 0.6) is 0 Å². The molecule has 3 rings (SSSR count). The average molecular weight is 369 g/mol. The van der Waals surface area contributed by atoms with Crippen molar-refractivity contribution in [3.05, 3.63) is 41.6 Å². The molecular formula is C21H32N6. The van der Waals surface area contributed by atoms with Crippen LogP contribution < -0.4 is 15.1 Å². The molecule has 0 aliphatic carbocycles. The average Bonchev–Trinajstić information content (AvgIpc) is 2.68. The first-order valence-corrected chi connectivity index (χ1v) is 9.82. The number of nitrogens with zero attached hydrogens (tertiary/aromatic N) is 5. The van der Waals surface area contributed by atoms with E-state index in [2.05, 4.69) is 71.1 Å². The molecule has 1 fully saturated rings. The molecule has 146 valence electrons. The molecule has 1 aromatic carbocycles. The number of aromatic nitrogens is 2. The predicted molar refractivity (Wildman–Crippen MR) is 114 cm³/mol. The van der Waals surface area contributed by atoms with Crippen molar-refractivity contribution < 1.29 is 0 Å². The van der Waals surface area contributed by atoms with Gasteiger partial charge in [0.15, 0.2) is 0 Å². The molecule has 0 radical (unpaired) electrons. The van der Waals surface area contributed by atoms with Crippen molar-refractivity contribution in [1.29, 1.82) is 0 Å². The summed E-state index contributed by atoms with van der Waals surface area (Å²) in [6.45, 7) is 10.3. The molecule has 27 heavy (non-hydrogen) atoms. The van der Waals surface area contributed by atoms with Crippen molar-refractivity contribution in [2.24, 2.45) is 0 Å². The largest absolute Gasteiger partial charge is 0.370 e. The van der Waals surface area contributed by atoms with Gasteiger partial charge >= 0.3 is 0 Å². The van der Waals surface area contributed by atoms with E-state index in [1.165, 1.54) is 16.8 Å². The van der Waals surface area contributed by atoms with E-state index in [0.717, 1.165) is 57.5 Å². The lowest BCUT2D eigenvalue weighted by Crippen LogP contribution is -2.47. The summed E-state index contributed by atoms with van der Waals surface area (Å²) in [4.78, 5) is 16.2. The minimum atomic E-state index is 0.827. The summed E-state index contributed by atoms with van der Waals surface area (Å²) in [5.74, 6) is 1.74. The van der Waals surface area contributed by atoms with Gasteiger partial charge in [-0.3, -0.25) is 0 Å². The maximum Gasteiger partial charge on any atom is 0.227 e. The molecule has 1 aliphatic rings. The van der Waals surface area contributed by atoms with Gasteiger partial charge < -0.3 is 20.0 Å². The Hall–Kier alpha value is -2.34. The third-order valence-corrected chi connectivity index (χ3v) is 5.21. The van der Waals surface area contributed by atoms with E-state index in [1.54, 1.807) is 0 Å². The van der Waals surface area contributed by atoms with E-state index in [9.17, 15) is 0 Å². The van der Waals surface area contributed by atoms with E-state index >= 15 is 0 Å². The van der Waals surface area contributed by atoms with Crippen LogP contribution >= 0.6 is 0 Å². The van der Waals surface area contributed by atoms with Crippen molar-refractivity contribution in [3.63, 3.8) is 0 Å². The van der Waals surface area contributed by atoms with Crippen molar-refractivity contribution in [2.45, 2.75) is 20.3 Å². The van der Waals surface area contributed by atoms with Crippen molar-refractivity contribution in [1.82, 2.24) is 14.9 Å². The summed E-state index contributed by atoms with van der Waals surface area (Å²) in [5.41, 5.74) is 4.09. The Morgan fingerprint density at radius 2 is 1.78 bits per heavy atom. The van der Waals surface area contributed by atoms with Gasteiger partial charge in [-0.15, -0.1) is 0 Å². The molecule has 6 heteroatoms. The monoisotopic (exact) mass is 368 g/mol. The molecule has 6 nitrogen and oxygen atoms in total. The number of piperazine rings is 1. The smallest absolute Gasteiger partial charge is 0.227 e. The van der Waals surface area contributed by atoms with Crippen LogP contribution in [0.3, 0.4) is 0 Å². The van der Waals surface area contributed by atoms with Crippen LogP contribution in [0, 0.1) is 13.8 Å². The van der Waals surface area contributed by atoms with Gasteiger partial charge in [0.1, 0.15) is 5.82 Å². The zero-order chi connectivity index (χ0) is 19.2. The molecule has 0 saturated carbocycles. The van der Waals surface area contributed by atoms with Crippen LogP contribution in [0.1, 0.15) is 17.5 Å². The fourth-order valence-corrected chi connectivity index (χ4v) is 3.44. The van der Waals surface area contributed by atoms with Crippen molar-refractivity contribution in [3.8, 4) is 0 Å². The highest BCUT2D eigenvalue weighted by Crippen LogP contribution is 2.24. The van der Waals surface area contributed by atoms with Crippen LogP contribution in [0.4, 0.5) is 17.5 Å². The highest BCUT2D eigenvalue weighted by atomic mass is 15.3. The zero-order valence-electron chi connectivity index (χ0n) is 17.1. The van der Waals surface area contributed by atoms with Gasteiger partial charge in [-0.25, -0.2) is 4.98 Å². The second-order valence-corrected chi connectivity index (χ2v) is 7.52. The first-order chi connectivity index (χ1) is 13.0. The molecular weight excluding hydrogens is 336 g/mol. The Labute approximate surface area is 163 Å². The van der Waals surface area contributed by atoms with Crippen molar-refractivity contribution >= 4 is 17.5 Å². The first-order valence-electron chi connectivity index (χ1n) is 9.82. The number of hydrogen-bond donors (Lipinski definition) is 1. The maximum absolute atomic E-state index is 4.71. The number of aryl methyl sites for hydroxylation is 1. The molecule has 2 heterocycles. The number of nitrogens with one attached hydrogen (secondary N) is 1. The molecule has 1 N–H and O–H groups in total. The molecule has 2 aromatic rings. The predicted octanol–water partition coefficient (Wildman–Crippen LogP) is 2.78. The standard InChI is InChI=1S/C21H32N6/c1-17-7-5-8-19(18(17)2)26-13-15-27(16-14-26)21-23-11-9-20(24-21)22-10-6-12-25(3)4/h5,7-9,11H,6,10,12-16H2,1-4H3,(H,22,23,24). The molecule has 1 aromatic heterocycles. The van der Waals surface area contributed by atoms with Crippen LogP contribution in [-0.4, -0.2) is 68.2 Å². The van der Waals surface area contributed by atoms with Crippen LogP contribution in [0.15, 0.2) is 30.5 Å². The Kier molecular flexibility index (Phi) is 6.50. The molecule has 0 unspecified atom stereocenters. The van der Waals surface area contributed by atoms with Gasteiger partial charge in [0, 0.05) is 44.6 Å². The fourth-order valence-electron chi connectivity index (χ4n) is 3.44. The van der Waals surface area contributed by atoms with Gasteiger partial charge in [0.05, 0.1) is 0 Å². The third-order valence-electron chi connectivity index (χ3n) is 5.21. The van der Waals surface area contributed by atoms with Crippen LogP contribution in [0.2, 0.25) is 0 Å². The van der Waals surface area contributed by atoms with Gasteiger partial charge in [-0.05, 0) is 64.2 Å². The molecule has 0 bridgehead atoms. The Bertz CT molecular complexity index is 737. The highest BCUT2D eigenvalue weighted by molar-refractivity contribution is 5.57. The Morgan fingerprint density at radius 1 is 1.04 bits per heavy atom. The van der Waals surface area contributed by atoms with E-state index in [0.29, 0.717) is 0 Å². The molecule has 1 saturated heterocycles. The summed E-state index contributed by atoms with van der Waals surface area (Å²) in [5, 5.41) is 3.41. The number of benzene rings is 1. The molecule has 0 spiro atoms. The first kappa shape index (κ1) is 19.4. The summed E-state index contributed by atoms with van der Waals surface area (Å²) < 4.78 is 0. The quantitative estimate of drug-likeness (QED) is 0.759. The van der Waals surface area contributed by atoms with Gasteiger partial charge in [0.2, 0.25) is 5.95 Å². The lowest BCUT2D eigenvalue weighted by atomic mass is 10.1. The summed E-state index contributed by atoms with van der Waals surface area (Å²) in [6.07, 6.45) is 2.95. The highest BCUT2D eigenvalue weighted by Gasteiger charge is 2.20. The second kappa shape index (κ2) is 9.04. The number of rotatable bonds is 7. The molecule has 0 atom stereocenters. The Balaban J connectivity index is 1.56. The van der Waals surface area contributed by atoms with Crippen LogP contribution in [-0.2, 0) is 0 Å². The topological polar surface area (TPSA) is 47.5 Å². The van der Waals surface area contributed by atoms with Crippen LogP contribution in [0.25, 0.3) is 0 Å². The number of anilines is 3. The third kappa shape index (κ3) is 5.10. The van der Waals surface area contributed by atoms with Gasteiger partial charge in [-0.1, -0.05) is 12.1 Å². The van der Waals surface area contributed by atoms with Gasteiger partial charge in [0.25, 0.3) is 0 Å².